The van der Waals surface area contributed by atoms with E-state index in [1.54, 1.807) is 6.07 Å². The maximum Gasteiger partial charge on any atom is 0.261 e. The normalized spacial score (nSPS) is 20.9. The van der Waals surface area contributed by atoms with E-state index in [-0.39, 0.29) is 11.2 Å². The third-order valence-corrected chi connectivity index (χ3v) is 3.73. The van der Waals surface area contributed by atoms with Crippen LogP contribution in [0.2, 0.25) is 0 Å². The van der Waals surface area contributed by atoms with Gasteiger partial charge in [-0.2, -0.15) is 4.98 Å². The number of nitrogens with zero attached hydrogens (tertiary/aromatic N) is 2. The van der Waals surface area contributed by atoms with Crippen molar-refractivity contribution in [3.63, 3.8) is 0 Å². The van der Waals surface area contributed by atoms with Gasteiger partial charge in [0.15, 0.2) is 5.82 Å². The van der Waals surface area contributed by atoms with Gasteiger partial charge >= 0.3 is 0 Å². The molecule has 2 aromatic rings. The molecule has 1 fully saturated rings. The van der Waals surface area contributed by atoms with Crippen molar-refractivity contribution in [2.24, 2.45) is 5.41 Å². The molecule has 0 saturated heterocycles. The third kappa shape index (κ3) is 1.68. The standard InChI is InChI=1S/C14H16N2O2/c1-8-5-4-6-9(11(8)17)13-15-12(16-18-13)10-7-14(10,2)3/h4-6,10,17H,7H2,1-3H3. The van der Waals surface area contributed by atoms with Crippen molar-refractivity contribution in [1.82, 2.24) is 10.1 Å². The molecule has 0 radical (unpaired) electrons. The number of aromatic hydroxyl groups is 1. The lowest BCUT2D eigenvalue weighted by Crippen LogP contribution is -1.92. The first kappa shape index (κ1) is 11.3. The molecule has 1 N–H and O–H groups in total. The second kappa shape index (κ2) is 3.57. The molecule has 0 aliphatic heterocycles. The van der Waals surface area contributed by atoms with E-state index >= 15 is 0 Å². The third-order valence-electron chi connectivity index (χ3n) is 3.73. The van der Waals surface area contributed by atoms with Gasteiger partial charge in [0.25, 0.3) is 5.89 Å². The van der Waals surface area contributed by atoms with E-state index in [9.17, 15) is 5.11 Å². The molecular weight excluding hydrogens is 228 g/mol. The Kier molecular flexibility index (Phi) is 2.24. The van der Waals surface area contributed by atoms with E-state index in [0.717, 1.165) is 17.8 Å². The van der Waals surface area contributed by atoms with Gasteiger partial charge in [0.2, 0.25) is 0 Å². The van der Waals surface area contributed by atoms with E-state index < -0.39 is 0 Å². The van der Waals surface area contributed by atoms with Gasteiger partial charge in [-0.1, -0.05) is 31.1 Å². The Morgan fingerprint density at radius 3 is 2.78 bits per heavy atom. The number of benzene rings is 1. The predicted molar refractivity (Wildman–Crippen MR) is 67.3 cm³/mol. The number of phenolic OH excluding ortho intramolecular Hbond substituents is 1. The summed E-state index contributed by atoms with van der Waals surface area (Å²) in [5, 5.41) is 14.0. The molecule has 1 aliphatic rings. The minimum absolute atomic E-state index is 0.211. The van der Waals surface area contributed by atoms with Gasteiger partial charge < -0.3 is 9.63 Å². The highest BCUT2D eigenvalue weighted by Crippen LogP contribution is 2.57. The van der Waals surface area contributed by atoms with Crippen molar-refractivity contribution in [3.8, 4) is 17.2 Å². The number of aryl methyl sites for hydroxylation is 1. The van der Waals surface area contributed by atoms with Crippen molar-refractivity contribution in [2.75, 3.05) is 0 Å². The summed E-state index contributed by atoms with van der Waals surface area (Å²) in [6.07, 6.45) is 1.09. The summed E-state index contributed by atoms with van der Waals surface area (Å²) in [7, 11) is 0. The molecule has 1 heterocycles. The highest BCUT2D eigenvalue weighted by molar-refractivity contribution is 5.64. The maximum atomic E-state index is 9.99. The SMILES string of the molecule is Cc1cccc(-c2nc(C3CC3(C)C)no2)c1O. The molecule has 0 bridgehead atoms. The van der Waals surface area contributed by atoms with Crippen LogP contribution in [0.5, 0.6) is 5.75 Å². The number of phenols is 1. The van der Waals surface area contributed by atoms with E-state index in [1.807, 2.05) is 19.1 Å². The van der Waals surface area contributed by atoms with Crippen molar-refractivity contribution >= 4 is 0 Å². The van der Waals surface area contributed by atoms with Gasteiger partial charge in [-0.3, -0.25) is 0 Å². The lowest BCUT2D eigenvalue weighted by atomic mass is 10.1. The minimum Gasteiger partial charge on any atom is -0.507 e. The van der Waals surface area contributed by atoms with Crippen molar-refractivity contribution in [1.29, 1.82) is 0 Å². The van der Waals surface area contributed by atoms with Crippen LogP contribution in [0.1, 0.15) is 37.6 Å². The molecule has 1 aromatic carbocycles. The second-order valence-corrected chi connectivity index (χ2v) is 5.67. The number of aromatic nitrogens is 2. The predicted octanol–water partition coefficient (Wildman–Crippen LogP) is 3.26. The average Bonchev–Trinajstić information content (AvgIpc) is 2.77. The summed E-state index contributed by atoms with van der Waals surface area (Å²) in [5.41, 5.74) is 1.68. The smallest absolute Gasteiger partial charge is 0.261 e. The molecule has 1 aromatic heterocycles. The Labute approximate surface area is 106 Å². The van der Waals surface area contributed by atoms with Crippen LogP contribution in [0.15, 0.2) is 22.7 Å². The lowest BCUT2D eigenvalue weighted by molar-refractivity contribution is 0.414. The van der Waals surface area contributed by atoms with Crippen molar-refractivity contribution < 1.29 is 9.63 Å². The monoisotopic (exact) mass is 244 g/mol. The maximum absolute atomic E-state index is 9.99. The van der Waals surface area contributed by atoms with Gasteiger partial charge in [-0.15, -0.1) is 0 Å². The summed E-state index contributed by atoms with van der Waals surface area (Å²) in [6, 6.07) is 5.51. The van der Waals surface area contributed by atoms with E-state index in [0.29, 0.717) is 17.4 Å². The Morgan fingerprint density at radius 1 is 1.39 bits per heavy atom. The topological polar surface area (TPSA) is 59.2 Å². The Bertz CT molecular complexity index is 602. The quantitative estimate of drug-likeness (QED) is 0.880. The van der Waals surface area contributed by atoms with Crippen LogP contribution in [0.25, 0.3) is 11.5 Å². The number of hydrogen-bond donors (Lipinski definition) is 1. The lowest BCUT2D eigenvalue weighted by Gasteiger charge is -2.01. The molecular formula is C14H16N2O2. The van der Waals surface area contributed by atoms with Crippen LogP contribution in [0, 0.1) is 12.3 Å². The van der Waals surface area contributed by atoms with Crippen LogP contribution < -0.4 is 0 Å². The molecule has 0 spiro atoms. The zero-order chi connectivity index (χ0) is 12.9. The summed E-state index contributed by atoms with van der Waals surface area (Å²) < 4.78 is 5.26. The van der Waals surface area contributed by atoms with E-state index in [4.69, 9.17) is 4.52 Å². The number of rotatable bonds is 2. The number of para-hydroxylation sites is 1. The fraction of sp³-hybridized carbons (Fsp3) is 0.429. The number of hydrogen-bond acceptors (Lipinski definition) is 4. The summed E-state index contributed by atoms with van der Waals surface area (Å²) in [4.78, 5) is 4.40. The molecule has 3 rings (SSSR count). The van der Waals surface area contributed by atoms with E-state index in [1.165, 1.54) is 0 Å². The molecule has 1 saturated carbocycles. The first-order valence-corrected chi connectivity index (χ1v) is 6.11. The largest absolute Gasteiger partial charge is 0.507 e. The summed E-state index contributed by atoms with van der Waals surface area (Å²) >= 11 is 0. The fourth-order valence-electron chi connectivity index (χ4n) is 2.23. The fourth-order valence-corrected chi connectivity index (χ4v) is 2.23. The van der Waals surface area contributed by atoms with Gasteiger partial charge in [-0.25, -0.2) is 0 Å². The Morgan fingerprint density at radius 2 is 2.11 bits per heavy atom. The molecule has 1 aliphatic carbocycles. The molecule has 0 amide bonds. The molecule has 4 nitrogen and oxygen atoms in total. The molecule has 18 heavy (non-hydrogen) atoms. The van der Waals surface area contributed by atoms with Gasteiger partial charge in [0.05, 0.1) is 5.56 Å². The first-order valence-electron chi connectivity index (χ1n) is 6.11. The summed E-state index contributed by atoms with van der Waals surface area (Å²) in [6.45, 7) is 6.23. The first-order chi connectivity index (χ1) is 8.49. The zero-order valence-electron chi connectivity index (χ0n) is 10.8. The highest BCUT2D eigenvalue weighted by atomic mass is 16.5. The molecule has 4 heteroatoms. The molecule has 1 atom stereocenters. The second-order valence-electron chi connectivity index (χ2n) is 5.67. The van der Waals surface area contributed by atoms with Gasteiger partial charge in [0, 0.05) is 5.92 Å². The zero-order valence-corrected chi connectivity index (χ0v) is 10.8. The van der Waals surface area contributed by atoms with Crippen LogP contribution >= 0.6 is 0 Å². The Hall–Kier alpha value is -1.84. The van der Waals surface area contributed by atoms with Gasteiger partial charge in [-0.05, 0) is 30.4 Å². The van der Waals surface area contributed by atoms with Crippen LogP contribution in [0.4, 0.5) is 0 Å². The average molecular weight is 244 g/mol. The summed E-state index contributed by atoms with van der Waals surface area (Å²) in [5.74, 6) is 1.73. The Balaban J connectivity index is 1.96. The van der Waals surface area contributed by atoms with Crippen LogP contribution in [-0.2, 0) is 0 Å². The van der Waals surface area contributed by atoms with Crippen molar-refractivity contribution in [3.05, 3.63) is 29.6 Å². The molecule has 1 unspecified atom stereocenters. The van der Waals surface area contributed by atoms with Crippen LogP contribution in [-0.4, -0.2) is 15.2 Å². The highest BCUT2D eigenvalue weighted by Gasteiger charge is 2.49. The van der Waals surface area contributed by atoms with E-state index in [2.05, 4.69) is 24.0 Å². The van der Waals surface area contributed by atoms with Crippen LogP contribution in [0.3, 0.4) is 0 Å². The van der Waals surface area contributed by atoms with Crippen molar-refractivity contribution in [2.45, 2.75) is 33.1 Å². The van der Waals surface area contributed by atoms with Gasteiger partial charge in [0.1, 0.15) is 5.75 Å². The molecule has 94 valence electrons. The minimum atomic E-state index is 0.211.